The molecule has 0 saturated carbocycles. The van der Waals surface area contributed by atoms with E-state index in [1.807, 2.05) is 0 Å². The molecule has 10 heteroatoms. The van der Waals surface area contributed by atoms with Crippen molar-refractivity contribution >= 4 is 13.8 Å². The van der Waals surface area contributed by atoms with Crippen molar-refractivity contribution in [2.24, 2.45) is 0 Å². The number of unbranched alkanes of at least 4 members (excludes halogenated alkanes) is 7. The molecule has 0 aromatic rings. The molecule has 0 aliphatic heterocycles. The van der Waals surface area contributed by atoms with E-state index in [9.17, 15) is 19.4 Å². The van der Waals surface area contributed by atoms with Gasteiger partial charge >= 0.3 is 13.8 Å². The smallest absolute Gasteiger partial charge is 0.463 e. The van der Waals surface area contributed by atoms with E-state index in [2.05, 4.69) is 28.1 Å². The maximum absolute atomic E-state index is 11.7. The van der Waals surface area contributed by atoms with Gasteiger partial charge in [0.2, 0.25) is 0 Å². The maximum atomic E-state index is 11.7. The van der Waals surface area contributed by atoms with Gasteiger partial charge in [-0.1, -0.05) is 51.2 Å². The third kappa shape index (κ3) is 19.2. The van der Waals surface area contributed by atoms with Gasteiger partial charge in [-0.25, -0.2) is 4.57 Å². The lowest BCUT2D eigenvalue weighted by Gasteiger charge is -2.16. The lowest BCUT2D eigenvalue weighted by atomic mass is 10.1. The van der Waals surface area contributed by atoms with E-state index in [0.717, 1.165) is 38.5 Å². The number of aliphatic hydroxyl groups is 3. The SMILES string of the molecule is CCCC/C=C\CCCCCCCC(=O)OC[C@@H](O)COP(=O)(O)OC[C@@H](O)CO. The minimum Gasteiger partial charge on any atom is -0.463 e. The summed E-state index contributed by atoms with van der Waals surface area (Å²) in [5, 5.41) is 27.3. The topological polar surface area (TPSA) is 143 Å². The quantitative estimate of drug-likeness (QED) is 0.0945. The van der Waals surface area contributed by atoms with Crippen LogP contribution in [0.4, 0.5) is 0 Å². The zero-order valence-corrected chi connectivity index (χ0v) is 18.9. The molecule has 30 heavy (non-hydrogen) atoms. The summed E-state index contributed by atoms with van der Waals surface area (Å²) >= 11 is 0. The summed E-state index contributed by atoms with van der Waals surface area (Å²) in [6.45, 7) is 0.0217. The van der Waals surface area contributed by atoms with E-state index in [1.54, 1.807) is 0 Å². The van der Waals surface area contributed by atoms with Crippen LogP contribution in [0.15, 0.2) is 12.2 Å². The average Bonchev–Trinajstić information content (AvgIpc) is 2.73. The first-order chi connectivity index (χ1) is 14.3. The van der Waals surface area contributed by atoms with Crippen molar-refractivity contribution in [3.8, 4) is 0 Å². The molecule has 0 radical (unpaired) electrons. The molecule has 0 amide bonds. The lowest BCUT2D eigenvalue weighted by Crippen LogP contribution is -2.24. The van der Waals surface area contributed by atoms with E-state index in [-0.39, 0.29) is 13.0 Å². The van der Waals surface area contributed by atoms with Gasteiger partial charge in [0.25, 0.3) is 0 Å². The average molecular weight is 454 g/mol. The Morgan fingerprint density at radius 1 is 0.900 bits per heavy atom. The molecular formula is C20H39O9P. The molecule has 0 saturated heterocycles. The zero-order chi connectivity index (χ0) is 22.7. The molecule has 0 bridgehead atoms. The zero-order valence-electron chi connectivity index (χ0n) is 18.0. The van der Waals surface area contributed by atoms with E-state index >= 15 is 0 Å². The summed E-state index contributed by atoms with van der Waals surface area (Å²) in [4.78, 5) is 21.0. The fraction of sp³-hybridized carbons (Fsp3) is 0.850. The second kappa shape index (κ2) is 18.9. The Labute approximate surface area is 179 Å². The highest BCUT2D eigenvalue weighted by molar-refractivity contribution is 7.47. The normalized spacial score (nSPS) is 15.8. The Kier molecular flexibility index (Phi) is 18.4. The van der Waals surface area contributed by atoms with Gasteiger partial charge in [-0.15, -0.1) is 0 Å². The molecule has 0 aromatic heterocycles. The molecule has 9 nitrogen and oxygen atoms in total. The van der Waals surface area contributed by atoms with Crippen molar-refractivity contribution in [2.45, 2.75) is 83.3 Å². The molecule has 0 heterocycles. The van der Waals surface area contributed by atoms with Gasteiger partial charge in [0.1, 0.15) is 18.8 Å². The minimum atomic E-state index is -4.48. The van der Waals surface area contributed by atoms with Crippen molar-refractivity contribution < 1.29 is 43.4 Å². The van der Waals surface area contributed by atoms with Crippen LogP contribution in [0, 0.1) is 0 Å². The lowest BCUT2D eigenvalue weighted by molar-refractivity contribution is -0.147. The highest BCUT2D eigenvalue weighted by Gasteiger charge is 2.24. The second-order valence-electron chi connectivity index (χ2n) is 7.15. The van der Waals surface area contributed by atoms with Gasteiger partial charge in [0, 0.05) is 6.42 Å². The predicted octanol–water partition coefficient (Wildman–Crippen LogP) is 2.85. The standard InChI is InChI=1S/C20H39O9P/c1-2-3-4-5-6-7-8-9-10-11-12-13-20(24)27-15-19(23)17-29-30(25,26)28-16-18(22)14-21/h5-6,18-19,21-23H,2-4,7-17H2,1H3,(H,25,26)/b6-5-/t18-,19+/m0/s1. The van der Waals surface area contributed by atoms with Crippen LogP contribution in [0.5, 0.6) is 0 Å². The number of rotatable bonds is 20. The molecule has 0 spiro atoms. The van der Waals surface area contributed by atoms with Gasteiger partial charge < -0.3 is 24.9 Å². The van der Waals surface area contributed by atoms with Gasteiger partial charge in [0.05, 0.1) is 19.8 Å². The van der Waals surface area contributed by atoms with Crippen molar-refractivity contribution in [2.75, 3.05) is 26.4 Å². The largest absolute Gasteiger partial charge is 0.472 e. The molecule has 0 aliphatic carbocycles. The first-order valence-corrected chi connectivity index (χ1v) is 12.2. The summed E-state index contributed by atoms with van der Waals surface area (Å²) in [6.07, 6.45) is 11.8. The van der Waals surface area contributed by atoms with Gasteiger partial charge in [0.15, 0.2) is 0 Å². The van der Waals surface area contributed by atoms with E-state index in [1.165, 1.54) is 12.8 Å². The minimum absolute atomic E-state index is 0.255. The summed E-state index contributed by atoms with van der Waals surface area (Å²) in [7, 11) is -4.48. The Morgan fingerprint density at radius 3 is 2.10 bits per heavy atom. The van der Waals surface area contributed by atoms with Crippen LogP contribution >= 0.6 is 7.82 Å². The van der Waals surface area contributed by atoms with E-state index in [0.29, 0.717) is 6.42 Å². The van der Waals surface area contributed by atoms with Gasteiger partial charge in [-0.05, 0) is 25.7 Å². The van der Waals surface area contributed by atoms with Crippen molar-refractivity contribution in [1.82, 2.24) is 0 Å². The molecule has 0 rings (SSSR count). The number of aliphatic hydroxyl groups excluding tert-OH is 3. The van der Waals surface area contributed by atoms with Gasteiger partial charge in [-0.3, -0.25) is 13.8 Å². The highest BCUT2D eigenvalue weighted by atomic mass is 31.2. The molecule has 0 aliphatic rings. The van der Waals surface area contributed by atoms with Gasteiger partial charge in [-0.2, -0.15) is 0 Å². The van der Waals surface area contributed by atoms with Crippen LogP contribution in [-0.2, 0) is 23.1 Å². The molecule has 0 aromatic carbocycles. The first-order valence-electron chi connectivity index (χ1n) is 10.7. The highest BCUT2D eigenvalue weighted by Crippen LogP contribution is 2.43. The Hall–Kier alpha value is -0.800. The Morgan fingerprint density at radius 2 is 1.47 bits per heavy atom. The van der Waals surface area contributed by atoms with Crippen LogP contribution < -0.4 is 0 Å². The summed E-state index contributed by atoms with van der Waals surface area (Å²) < 4.78 is 25.4. The van der Waals surface area contributed by atoms with Crippen LogP contribution in [0.25, 0.3) is 0 Å². The van der Waals surface area contributed by atoms with E-state index in [4.69, 9.17) is 14.9 Å². The third-order valence-electron chi connectivity index (χ3n) is 4.15. The van der Waals surface area contributed by atoms with Crippen molar-refractivity contribution in [3.63, 3.8) is 0 Å². The third-order valence-corrected chi connectivity index (χ3v) is 5.10. The summed E-state index contributed by atoms with van der Waals surface area (Å²) in [5.41, 5.74) is 0. The Balaban J connectivity index is 3.65. The van der Waals surface area contributed by atoms with Crippen LogP contribution in [0.3, 0.4) is 0 Å². The van der Waals surface area contributed by atoms with Crippen LogP contribution in [-0.4, -0.2) is 64.8 Å². The fourth-order valence-corrected chi connectivity index (χ4v) is 3.17. The van der Waals surface area contributed by atoms with Crippen LogP contribution in [0.1, 0.15) is 71.1 Å². The number of hydrogen-bond donors (Lipinski definition) is 4. The monoisotopic (exact) mass is 454 g/mol. The number of esters is 1. The molecule has 4 N–H and O–H groups in total. The number of phosphoric acid groups is 1. The van der Waals surface area contributed by atoms with Crippen molar-refractivity contribution in [1.29, 1.82) is 0 Å². The number of carbonyl (C=O) groups excluding carboxylic acids is 1. The number of carbonyl (C=O) groups is 1. The number of ether oxygens (including phenoxy) is 1. The molecular weight excluding hydrogens is 415 g/mol. The predicted molar refractivity (Wildman–Crippen MR) is 113 cm³/mol. The second-order valence-corrected chi connectivity index (χ2v) is 8.61. The summed E-state index contributed by atoms with van der Waals surface area (Å²) in [5.74, 6) is -0.442. The Bertz CT molecular complexity index is 499. The number of allylic oxidation sites excluding steroid dienone is 2. The first kappa shape index (κ1) is 29.2. The molecule has 0 fully saturated rings. The fourth-order valence-electron chi connectivity index (χ4n) is 2.38. The number of hydrogen-bond acceptors (Lipinski definition) is 8. The van der Waals surface area contributed by atoms with Crippen molar-refractivity contribution in [3.05, 3.63) is 12.2 Å². The number of phosphoric ester groups is 1. The molecule has 178 valence electrons. The van der Waals surface area contributed by atoms with Crippen LogP contribution in [0.2, 0.25) is 0 Å². The molecule has 1 unspecified atom stereocenters. The maximum Gasteiger partial charge on any atom is 0.472 e. The molecule has 3 atom stereocenters. The summed E-state index contributed by atoms with van der Waals surface area (Å²) in [6, 6.07) is 0. The van der Waals surface area contributed by atoms with E-state index < -0.39 is 45.8 Å².